The van der Waals surface area contributed by atoms with Gasteiger partial charge >= 0.3 is 0 Å². The molecule has 0 bridgehead atoms. The highest BCUT2D eigenvalue weighted by molar-refractivity contribution is 5.76. The van der Waals surface area contributed by atoms with Crippen molar-refractivity contribution >= 4 is 5.84 Å². The van der Waals surface area contributed by atoms with Crippen molar-refractivity contribution in [1.82, 2.24) is 0 Å². The van der Waals surface area contributed by atoms with E-state index in [9.17, 15) is 0 Å². The smallest absolute Gasteiger partial charge is 0.0905 e. The van der Waals surface area contributed by atoms with Crippen LogP contribution >= 0.6 is 0 Å². The summed E-state index contributed by atoms with van der Waals surface area (Å²) in [4.78, 5) is 0. The molecule has 1 fully saturated rings. The molecule has 0 radical (unpaired) electrons. The Morgan fingerprint density at radius 3 is 2.75 bits per heavy atom. The number of amidine groups is 1. The summed E-state index contributed by atoms with van der Waals surface area (Å²) in [5, 5.41) is 7.12. The molecule has 0 aromatic rings. The highest BCUT2D eigenvalue weighted by Gasteiger charge is 2.23. The molecule has 1 aliphatic rings. The summed E-state index contributed by atoms with van der Waals surface area (Å²) >= 11 is 0. The molecule has 94 valence electrons. The molecule has 0 heterocycles. The Bertz CT molecular complexity index is 206. The number of nitrogens with one attached hydrogen (secondary N) is 1. The molecule has 0 aliphatic heterocycles. The van der Waals surface area contributed by atoms with Crippen molar-refractivity contribution in [3.8, 4) is 0 Å². The maximum absolute atomic E-state index is 7.12. The molecule has 0 amide bonds. The van der Waals surface area contributed by atoms with Crippen molar-refractivity contribution < 1.29 is 4.74 Å². The molecule has 2 unspecified atom stereocenters. The predicted molar refractivity (Wildman–Crippen MR) is 67.8 cm³/mol. The lowest BCUT2D eigenvalue weighted by Crippen LogP contribution is -2.27. The van der Waals surface area contributed by atoms with E-state index in [2.05, 4.69) is 6.92 Å². The molecule has 0 spiro atoms. The summed E-state index contributed by atoms with van der Waals surface area (Å²) in [5.74, 6) is 1.07. The van der Waals surface area contributed by atoms with E-state index in [4.69, 9.17) is 15.9 Å². The molecule has 1 saturated carbocycles. The average molecular weight is 226 g/mol. The standard InChI is InChI=1S/C13H26N2O/c1-2-11-7-3-4-8-12(11)16-10-6-5-9-13(14)15/h11-12H,2-10H2,1H3,(H3,14,15). The van der Waals surface area contributed by atoms with Gasteiger partial charge in [-0.1, -0.05) is 26.2 Å². The zero-order valence-corrected chi connectivity index (χ0v) is 10.5. The van der Waals surface area contributed by atoms with E-state index in [1.54, 1.807) is 0 Å². The van der Waals surface area contributed by atoms with Crippen molar-refractivity contribution in [3.05, 3.63) is 0 Å². The second kappa shape index (κ2) is 7.66. The second-order valence-electron chi connectivity index (χ2n) is 4.84. The molecule has 2 atom stereocenters. The van der Waals surface area contributed by atoms with Gasteiger partial charge in [0.2, 0.25) is 0 Å². The van der Waals surface area contributed by atoms with Crippen molar-refractivity contribution in [2.45, 2.75) is 64.4 Å². The maximum atomic E-state index is 7.12. The van der Waals surface area contributed by atoms with E-state index in [0.717, 1.165) is 25.4 Å². The van der Waals surface area contributed by atoms with E-state index in [1.807, 2.05) is 0 Å². The third-order valence-corrected chi connectivity index (χ3v) is 3.54. The summed E-state index contributed by atoms with van der Waals surface area (Å²) in [6.07, 6.45) is 9.77. The molecule has 3 heteroatoms. The van der Waals surface area contributed by atoms with Crippen molar-refractivity contribution in [2.24, 2.45) is 11.7 Å². The van der Waals surface area contributed by atoms with Crippen LogP contribution in [0.1, 0.15) is 58.3 Å². The SMILES string of the molecule is CCC1CCCCC1OCCCCC(=N)N. The van der Waals surface area contributed by atoms with Crippen LogP contribution in [0.3, 0.4) is 0 Å². The Labute approximate surface area is 99.3 Å². The Morgan fingerprint density at radius 2 is 2.06 bits per heavy atom. The predicted octanol–water partition coefficient (Wildman–Crippen LogP) is 3.08. The molecule has 3 nitrogen and oxygen atoms in total. The van der Waals surface area contributed by atoms with Gasteiger partial charge in [0.05, 0.1) is 11.9 Å². The Morgan fingerprint density at radius 1 is 1.31 bits per heavy atom. The minimum absolute atomic E-state index is 0.295. The van der Waals surface area contributed by atoms with Crippen LogP contribution < -0.4 is 5.73 Å². The van der Waals surface area contributed by atoms with E-state index in [1.165, 1.54) is 32.1 Å². The molecule has 1 aliphatic carbocycles. The fourth-order valence-corrected chi connectivity index (χ4v) is 2.51. The van der Waals surface area contributed by atoms with Gasteiger partial charge in [0.25, 0.3) is 0 Å². The van der Waals surface area contributed by atoms with Crippen LogP contribution in [0.5, 0.6) is 0 Å². The lowest BCUT2D eigenvalue weighted by molar-refractivity contribution is -0.0132. The van der Waals surface area contributed by atoms with Crippen LogP contribution in [0.2, 0.25) is 0 Å². The topological polar surface area (TPSA) is 59.1 Å². The van der Waals surface area contributed by atoms with Crippen LogP contribution in [0.25, 0.3) is 0 Å². The summed E-state index contributed by atoms with van der Waals surface area (Å²) in [6, 6.07) is 0. The number of ether oxygens (including phenoxy) is 1. The van der Waals surface area contributed by atoms with Gasteiger partial charge in [0.1, 0.15) is 0 Å². The van der Waals surface area contributed by atoms with E-state index in [0.29, 0.717) is 18.4 Å². The van der Waals surface area contributed by atoms with Crippen LogP contribution in [0, 0.1) is 11.3 Å². The monoisotopic (exact) mass is 226 g/mol. The second-order valence-corrected chi connectivity index (χ2v) is 4.84. The lowest BCUT2D eigenvalue weighted by Gasteiger charge is -2.30. The van der Waals surface area contributed by atoms with Crippen molar-refractivity contribution in [3.63, 3.8) is 0 Å². The van der Waals surface area contributed by atoms with Gasteiger partial charge in [0.15, 0.2) is 0 Å². The first-order valence-electron chi connectivity index (χ1n) is 6.68. The molecular weight excluding hydrogens is 200 g/mol. The van der Waals surface area contributed by atoms with Gasteiger partial charge in [0, 0.05) is 13.0 Å². The summed E-state index contributed by atoms with van der Waals surface area (Å²) in [5.41, 5.74) is 5.30. The summed E-state index contributed by atoms with van der Waals surface area (Å²) < 4.78 is 5.96. The average Bonchev–Trinajstić information content (AvgIpc) is 2.29. The Hall–Kier alpha value is -0.570. The van der Waals surface area contributed by atoms with Crippen LogP contribution in [0.4, 0.5) is 0 Å². The van der Waals surface area contributed by atoms with E-state index < -0.39 is 0 Å². The molecule has 1 rings (SSSR count). The maximum Gasteiger partial charge on any atom is 0.0905 e. The first-order valence-corrected chi connectivity index (χ1v) is 6.68. The highest BCUT2D eigenvalue weighted by Crippen LogP contribution is 2.29. The third-order valence-electron chi connectivity index (χ3n) is 3.54. The van der Waals surface area contributed by atoms with Gasteiger partial charge in [-0.15, -0.1) is 0 Å². The molecule has 0 aromatic heterocycles. The minimum Gasteiger partial charge on any atom is -0.388 e. The largest absolute Gasteiger partial charge is 0.388 e. The van der Waals surface area contributed by atoms with Gasteiger partial charge < -0.3 is 10.5 Å². The lowest BCUT2D eigenvalue weighted by atomic mass is 9.85. The number of unbranched alkanes of at least 4 members (excludes halogenated alkanes) is 1. The van der Waals surface area contributed by atoms with E-state index >= 15 is 0 Å². The third kappa shape index (κ3) is 4.97. The molecular formula is C13H26N2O. The molecule has 0 saturated heterocycles. The Kier molecular flexibility index (Phi) is 6.46. The van der Waals surface area contributed by atoms with Crippen LogP contribution in [0.15, 0.2) is 0 Å². The molecule has 0 aromatic carbocycles. The zero-order valence-electron chi connectivity index (χ0n) is 10.5. The van der Waals surface area contributed by atoms with Crippen LogP contribution in [-0.4, -0.2) is 18.5 Å². The number of rotatable bonds is 7. The number of hydrogen-bond acceptors (Lipinski definition) is 2. The van der Waals surface area contributed by atoms with Gasteiger partial charge in [-0.25, -0.2) is 0 Å². The Balaban J connectivity index is 2.08. The van der Waals surface area contributed by atoms with Crippen LogP contribution in [-0.2, 0) is 4.74 Å². The molecule has 3 N–H and O–H groups in total. The number of hydrogen-bond donors (Lipinski definition) is 2. The quantitative estimate of drug-likeness (QED) is 0.398. The van der Waals surface area contributed by atoms with E-state index in [-0.39, 0.29) is 0 Å². The fourth-order valence-electron chi connectivity index (χ4n) is 2.51. The minimum atomic E-state index is 0.295. The van der Waals surface area contributed by atoms with Gasteiger partial charge in [-0.3, -0.25) is 5.41 Å². The van der Waals surface area contributed by atoms with Gasteiger partial charge in [-0.2, -0.15) is 0 Å². The van der Waals surface area contributed by atoms with Gasteiger partial charge in [-0.05, 0) is 31.6 Å². The highest BCUT2D eigenvalue weighted by atomic mass is 16.5. The molecule has 16 heavy (non-hydrogen) atoms. The summed E-state index contributed by atoms with van der Waals surface area (Å²) in [7, 11) is 0. The zero-order chi connectivity index (χ0) is 11.8. The first kappa shape index (κ1) is 13.5. The van der Waals surface area contributed by atoms with Crippen molar-refractivity contribution in [1.29, 1.82) is 5.41 Å². The normalized spacial score (nSPS) is 25.6. The first-order chi connectivity index (χ1) is 7.74. The summed E-state index contributed by atoms with van der Waals surface area (Å²) in [6.45, 7) is 3.11. The fraction of sp³-hybridized carbons (Fsp3) is 0.923. The number of nitrogens with two attached hydrogens (primary N) is 1. The van der Waals surface area contributed by atoms with Crippen molar-refractivity contribution in [2.75, 3.05) is 6.61 Å².